The van der Waals surface area contributed by atoms with Crippen LogP contribution < -0.4 is 9.47 Å². The minimum atomic E-state index is 0.140. The molecule has 1 atom stereocenters. The molecule has 1 aliphatic rings. The standard InChI is InChI=1S/C18H22N6O2S/c1-11-16-20-21-17(18-19-12(2)22-27-18)24(16)8-7-23(11)10-13-5-6-14(25-3)9-15(13)26-4/h5-6,9,11H,7-8,10H2,1-4H3/t11-/m1/s1. The second kappa shape index (κ2) is 7.24. The van der Waals surface area contributed by atoms with E-state index in [0.29, 0.717) is 0 Å². The molecule has 0 saturated heterocycles. The molecule has 27 heavy (non-hydrogen) atoms. The first-order chi connectivity index (χ1) is 13.1. The predicted molar refractivity (Wildman–Crippen MR) is 102 cm³/mol. The highest BCUT2D eigenvalue weighted by molar-refractivity contribution is 7.09. The molecule has 0 unspecified atom stereocenters. The van der Waals surface area contributed by atoms with E-state index < -0.39 is 0 Å². The van der Waals surface area contributed by atoms with E-state index in [1.165, 1.54) is 11.5 Å². The Morgan fingerprint density at radius 3 is 2.74 bits per heavy atom. The fourth-order valence-corrected chi connectivity index (χ4v) is 4.06. The van der Waals surface area contributed by atoms with Crippen LogP contribution in [0.1, 0.15) is 30.2 Å². The summed E-state index contributed by atoms with van der Waals surface area (Å²) in [5, 5.41) is 9.65. The molecule has 0 spiro atoms. The van der Waals surface area contributed by atoms with Crippen molar-refractivity contribution in [2.24, 2.45) is 0 Å². The number of aromatic nitrogens is 5. The molecule has 0 amide bonds. The number of aryl methyl sites for hydroxylation is 1. The van der Waals surface area contributed by atoms with Gasteiger partial charge in [-0.2, -0.15) is 4.37 Å². The van der Waals surface area contributed by atoms with Crippen molar-refractivity contribution in [1.29, 1.82) is 0 Å². The minimum absolute atomic E-state index is 0.140. The average Bonchev–Trinajstić information content (AvgIpc) is 3.30. The number of fused-ring (bicyclic) bond motifs is 1. The maximum Gasteiger partial charge on any atom is 0.194 e. The average molecular weight is 386 g/mol. The molecule has 3 heterocycles. The fraction of sp³-hybridized carbons (Fsp3) is 0.444. The smallest absolute Gasteiger partial charge is 0.194 e. The molecule has 4 rings (SSSR count). The van der Waals surface area contributed by atoms with E-state index in [1.54, 1.807) is 14.2 Å². The second-order valence-electron chi connectivity index (χ2n) is 6.50. The van der Waals surface area contributed by atoms with Crippen LogP contribution in [0.4, 0.5) is 0 Å². The Morgan fingerprint density at radius 2 is 2.04 bits per heavy atom. The maximum atomic E-state index is 5.54. The molecule has 0 bridgehead atoms. The molecule has 0 saturated carbocycles. The topological polar surface area (TPSA) is 78.2 Å². The second-order valence-corrected chi connectivity index (χ2v) is 7.26. The van der Waals surface area contributed by atoms with Gasteiger partial charge in [-0.05, 0) is 31.4 Å². The van der Waals surface area contributed by atoms with Gasteiger partial charge in [-0.15, -0.1) is 10.2 Å². The predicted octanol–water partition coefficient (Wildman–Crippen LogP) is 2.70. The van der Waals surface area contributed by atoms with Crippen LogP contribution in [-0.4, -0.2) is 49.8 Å². The Kier molecular flexibility index (Phi) is 4.79. The van der Waals surface area contributed by atoms with Gasteiger partial charge in [-0.1, -0.05) is 6.07 Å². The molecule has 0 radical (unpaired) electrons. The minimum Gasteiger partial charge on any atom is -0.497 e. The van der Waals surface area contributed by atoms with E-state index in [2.05, 4.69) is 42.0 Å². The molecule has 2 aromatic heterocycles. The summed E-state index contributed by atoms with van der Waals surface area (Å²) in [6.45, 7) is 6.53. The lowest BCUT2D eigenvalue weighted by Crippen LogP contribution is -2.36. The molecule has 142 valence electrons. The Hall–Kier alpha value is -2.52. The van der Waals surface area contributed by atoms with Crippen molar-refractivity contribution in [3.8, 4) is 22.3 Å². The summed E-state index contributed by atoms with van der Waals surface area (Å²) in [4.78, 5) is 6.83. The van der Waals surface area contributed by atoms with Crippen LogP contribution in [0.5, 0.6) is 11.5 Å². The highest BCUT2D eigenvalue weighted by Gasteiger charge is 2.30. The van der Waals surface area contributed by atoms with Gasteiger partial charge in [0.1, 0.15) is 17.3 Å². The molecule has 1 aromatic carbocycles. The van der Waals surface area contributed by atoms with Crippen molar-refractivity contribution in [2.75, 3.05) is 20.8 Å². The molecule has 3 aromatic rings. The summed E-state index contributed by atoms with van der Waals surface area (Å²) in [6.07, 6.45) is 0. The highest BCUT2D eigenvalue weighted by atomic mass is 32.1. The SMILES string of the molecule is COc1ccc(CN2CCn3c(-c4nc(C)ns4)nnc3[C@H]2C)c(OC)c1. The first kappa shape index (κ1) is 17.9. The van der Waals surface area contributed by atoms with Gasteiger partial charge < -0.3 is 14.0 Å². The quantitative estimate of drug-likeness (QED) is 0.667. The number of hydrogen-bond donors (Lipinski definition) is 0. The van der Waals surface area contributed by atoms with Crippen molar-refractivity contribution in [3.05, 3.63) is 35.4 Å². The first-order valence-electron chi connectivity index (χ1n) is 8.79. The lowest BCUT2D eigenvalue weighted by molar-refractivity contribution is 0.155. The van der Waals surface area contributed by atoms with Crippen LogP contribution in [0.25, 0.3) is 10.8 Å². The molecule has 0 N–H and O–H groups in total. The van der Waals surface area contributed by atoms with Gasteiger partial charge >= 0.3 is 0 Å². The summed E-state index contributed by atoms with van der Waals surface area (Å²) in [5.41, 5.74) is 1.12. The number of hydrogen-bond acceptors (Lipinski definition) is 8. The Bertz CT molecular complexity index is 953. The van der Waals surface area contributed by atoms with Crippen LogP contribution in [-0.2, 0) is 13.1 Å². The van der Waals surface area contributed by atoms with Gasteiger partial charge in [0, 0.05) is 31.3 Å². The van der Waals surface area contributed by atoms with Crippen molar-refractivity contribution in [3.63, 3.8) is 0 Å². The van der Waals surface area contributed by atoms with E-state index in [4.69, 9.17) is 9.47 Å². The van der Waals surface area contributed by atoms with Crippen LogP contribution >= 0.6 is 11.5 Å². The zero-order valence-corrected chi connectivity index (χ0v) is 16.7. The lowest BCUT2D eigenvalue weighted by atomic mass is 10.1. The van der Waals surface area contributed by atoms with Gasteiger partial charge in [0.2, 0.25) is 0 Å². The van der Waals surface area contributed by atoms with E-state index in [1.807, 2.05) is 19.1 Å². The summed E-state index contributed by atoms with van der Waals surface area (Å²) in [5.74, 6) is 4.16. The number of nitrogens with zero attached hydrogens (tertiary/aromatic N) is 6. The molecule has 0 fully saturated rings. The van der Waals surface area contributed by atoms with Gasteiger partial charge in [0.05, 0.1) is 20.3 Å². The van der Waals surface area contributed by atoms with E-state index in [9.17, 15) is 0 Å². The lowest BCUT2D eigenvalue weighted by Gasteiger charge is -2.33. The molecular weight excluding hydrogens is 364 g/mol. The van der Waals surface area contributed by atoms with Crippen LogP contribution in [0.15, 0.2) is 18.2 Å². The van der Waals surface area contributed by atoms with Gasteiger partial charge in [0.15, 0.2) is 16.7 Å². The zero-order chi connectivity index (χ0) is 19.0. The third-order valence-electron chi connectivity index (χ3n) is 4.90. The van der Waals surface area contributed by atoms with Crippen LogP contribution in [0.2, 0.25) is 0 Å². The Labute approximate surface area is 161 Å². The molecular formula is C18H22N6O2S. The van der Waals surface area contributed by atoms with Gasteiger partial charge in [0.25, 0.3) is 0 Å². The van der Waals surface area contributed by atoms with Gasteiger partial charge in [-0.3, -0.25) is 4.90 Å². The molecule has 8 nitrogen and oxygen atoms in total. The molecule has 0 aliphatic carbocycles. The van der Waals surface area contributed by atoms with E-state index in [0.717, 1.165) is 59.2 Å². The van der Waals surface area contributed by atoms with Crippen LogP contribution in [0.3, 0.4) is 0 Å². The fourth-order valence-electron chi connectivity index (χ4n) is 3.39. The maximum absolute atomic E-state index is 5.54. The van der Waals surface area contributed by atoms with Crippen LogP contribution in [0, 0.1) is 6.92 Å². The normalized spacial score (nSPS) is 17.0. The Morgan fingerprint density at radius 1 is 1.19 bits per heavy atom. The Balaban J connectivity index is 1.58. The van der Waals surface area contributed by atoms with Crippen molar-refractivity contribution < 1.29 is 9.47 Å². The van der Waals surface area contributed by atoms with Gasteiger partial charge in [-0.25, -0.2) is 4.98 Å². The molecule has 9 heteroatoms. The van der Waals surface area contributed by atoms with Crippen molar-refractivity contribution in [1.82, 2.24) is 29.0 Å². The summed E-state index contributed by atoms with van der Waals surface area (Å²) >= 11 is 1.37. The number of ether oxygens (including phenoxy) is 2. The monoisotopic (exact) mass is 386 g/mol. The zero-order valence-electron chi connectivity index (χ0n) is 15.8. The van der Waals surface area contributed by atoms with E-state index >= 15 is 0 Å². The van der Waals surface area contributed by atoms with Crippen molar-refractivity contribution in [2.45, 2.75) is 33.0 Å². The summed E-state index contributed by atoms with van der Waals surface area (Å²) < 4.78 is 17.3. The highest BCUT2D eigenvalue weighted by Crippen LogP contribution is 2.32. The third-order valence-corrected chi connectivity index (χ3v) is 5.70. The molecule has 1 aliphatic heterocycles. The first-order valence-corrected chi connectivity index (χ1v) is 9.56. The van der Waals surface area contributed by atoms with Crippen molar-refractivity contribution >= 4 is 11.5 Å². The number of methoxy groups -OCH3 is 2. The number of benzene rings is 1. The summed E-state index contributed by atoms with van der Waals surface area (Å²) in [7, 11) is 3.34. The third kappa shape index (κ3) is 3.28. The van der Waals surface area contributed by atoms with E-state index in [-0.39, 0.29) is 6.04 Å². The largest absolute Gasteiger partial charge is 0.497 e. The number of rotatable bonds is 5. The summed E-state index contributed by atoms with van der Waals surface area (Å²) in [6, 6.07) is 6.08.